The highest BCUT2D eigenvalue weighted by Crippen LogP contribution is 2.19. The van der Waals surface area contributed by atoms with Gasteiger partial charge in [0.25, 0.3) is 0 Å². The smallest absolute Gasteiger partial charge is 0.147 e. The lowest BCUT2D eigenvalue weighted by atomic mass is 10.1. The van der Waals surface area contributed by atoms with Gasteiger partial charge in [0.05, 0.1) is 5.69 Å². The lowest BCUT2D eigenvalue weighted by Gasteiger charge is -2.10. The highest BCUT2D eigenvalue weighted by atomic mass is 19.1. The van der Waals surface area contributed by atoms with Crippen LogP contribution in [0.4, 0.5) is 4.39 Å². The molecular weight excluding hydrogens is 205 g/mol. The zero-order valence-corrected chi connectivity index (χ0v) is 9.31. The van der Waals surface area contributed by atoms with Crippen LogP contribution in [0.5, 0.6) is 0 Å². The molecule has 0 aliphatic rings. The fourth-order valence-corrected chi connectivity index (χ4v) is 1.63. The molecule has 0 fully saturated rings. The monoisotopic (exact) mass is 219 g/mol. The summed E-state index contributed by atoms with van der Waals surface area (Å²) in [5, 5.41) is 0. The van der Waals surface area contributed by atoms with E-state index in [1.165, 1.54) is 6.07 Å². The molecule has 84 valence electrons. The number of nitrogens with two attached hydrogens (primary N) is 1. The standard InChI is InChI=1S/C12H14FN3/c1-8(14)10-3-4-12(11(13)7-10)16-6-5-15-9(16)2/h3-8H,14H2,1-2H3/t8-/m0/s1. The first-order valence-electron chi connectivity index (χ1n) is 5.15. The quantitative estimate of drug-likeness (QED) is 0.842. The molecule has 2 N–H and O–H groups in total. The molecule has 1 heterocycles. The van der Waals surface area contributed by atoms with Gasteiger partial charge in [-0.05, 0) is 31.5 Å². The van der Waals surface area contributed by atoms with Gasteiger partial charge < -0.3 is 10.3 Å². The second-order valence-corrected chi connectivity index (χ2v) is 3.84. The average molecular weight is 219 g/mol. The summed E-state index contributed by atoms with van der Waals surface area (Å²) in [4.78, 5) is 4.06. The van der Waals surface area contributed by atoms with Crippen LogP contribution >= 0.6 is 0 Å². The van der Waals surface area contributed by atoms with E-state index in [0.717, 1.165) is 11.4 Å². The summed E-state index contributed by atoms with van der Waals surface area (Å²) in [6.07, 6.45) is 3.38. The van der Waals surface area contributed by atoms with Crippen molar-refractivity contribution < 1.29 is 4.39 Å². The first-order valence-corrected chi connectivity index (χ1v) is 5.15. The number of imidazole rings is 1. The Labute approximate surface area is 93.7 Å². The first-order chi connectivity index (χ1) is 7.59. The van der Waals surface area contributed by atoms with Crippen molar-refractivity contribution in [2.45, 2.75) is 19.9 Å². The number of aryl methyl sites for hydroxylation is 1. The number of nitrogens with zero attached hydrogens (tertiary/aromatic N) is 2. The van der Waals surface area contributed by atoms with Crippen molar-refractivity contribution in [2.75, 3.05) is 0 Å². The summed E-state index contributed by atoms with van der Waals surface area (Å²) in [7, 11) is 0. The van der Waals surface area contributed by atoms with E-state index in [9.17, 15) is 4.39 Å². The molecule has 2 aromatic rings. The molecule has 4 heteroatoms. The fourth-order valence-electron chi connectivity index (χ4n) is 1.63. The molecule has 2 rings (SSSR count). The first kappa shape index (κ1) is 10.8. The van der Waals surface area contributed by atoms with Crippen LogP contribution in [0.25, 0.3) is 5.69 Å². The largest absolute Gasteiger partial charge is 0.324 e. The number of aromatic nitrogens is 2. The minimum Gasteiger partial charge on any atom is -0.324 e. The molecule has 0 aliphatic heterocycles. The third-order valence-electron chi connectivity index (χ3n) is 2.58. The van der Waals surface area contributed by atoms with E-state index in [1.54, 1.807) is 23.0 Å². The minimum absolute atomic E-state index is 0.160. The van der Waals surface area contributed by atoms with Gasteiger partial charge >= 0.3 is 0 Å². The zero-order chi connectivity index (χ0) is 11.7. The number of benzene rings is 1. The number of halogens is 1. The molecule has 0 spiro atoms. The molecule has 1 aromatic heterocycles. The van der Waals surface area contributed by atoms with Gasteiger partial charge in [-0.3, -0.25) is 0 Å². The van der Waals surface area contributed by atoms with E-state index in [4.69, 9.17) is 5.73 Å². The van der Waals surface area contributed by atoms with Crippen molar-refractivity contribution in [3.05, 3.63) is 47.8 Å². The van der Waals surface area contributed by atoms with Crippen LogP contribution in [0, 0.1) is 12.7 Å². The maximum atomic E-state index is 13.8. The Morgan fingerprint density at radius 3 is 2.69 bits per heavy atom. The summed E-state index contributed by atoms with van der Waals surface area (Å²) >= 11 is 0. The third-order valence-corrected chi connectivity index (χ3v) is 2.58. The van der Waals surface area contributed by atoms with Gasteiger partial charge in [0, 0.05) is 18.4 Å². The summed E-state index contributed by atoms with van der Waals surface area (Å²) in [6, 6.07) is 4.87. The minimum atomic E-state index is -0.282. The molecule has 0 saturated heterocycles. The van der Waals surface area contributed by atoms with Crippen LogP contribution in [0.3, 0.4) is 0 Å². The van der Waals surface area contributed by atoms with Crippen LogP contribution in [0.2, 0.25) is 0 Å². The normalized spacial score (nSPS) is 12.8. The van der Waals surface area contributed by atoms with Crippen LogP contribution < -0.4 is 5.73 Å². The Bertz CT molecular complexity index is 503. The Kier molecular flexibility index (Phi) is 2.75. The third kappa shape index (κ3) is 1.84. The van der Waals surface area contributed by atoms with Crippen molar-refractivity contribution >= 4 is 0 Å². The van der Waals surface area contributed by atoms with Crippen LogP contribution in [-0.2, 0) is 0 Å². The van der Waals surface area contributed by atoms with Crippen molar-refractivity contribution in [3.63, 3.8) is 0 Å². The Morgan fingerprint density at radius 1 is 1.44 bits per heavy atom. The topological polar surface area (TPSA) is 43.8 Å². The Balaban J connectivity index is 2.48. The second-order valence-electron chi connectivity index (χ2n) is 3.84. The van der Waals surface area contributed by atoms with Crippen molar-refractivity contribution in [1.29, 1.82) is 0 Å². The zero-order valence-electron chi connectivity index (χ0n) is 9.31. The fraction of sp³-hybridized carbons (Fsp3) is 0.250. The maximum Gasteiger partial charge on any atom is 0.147 e. The molecular formula is C12H14FN3. The average Bonchev–Trinajstić information content (AvgIpc) is 2.64. The highest BCUT2D eigenvalue weighted by Gasteiger charge is 2.09. The summed E-state index contributed by atoms with van der Waals surface area (Å²) in [6.45, 7) is 3.66. The molecule has 0 amide bonds. The molecule has 0 radical (unpaired) electrons. The van der Waals surface area contributed by atoms with Crippen LogP contribution in [0.1, 0.15) is 24.4 Å². The predicted molar refractivity (Wildman–Crippen MR) is 60.9 cm³/mol. The predicted octanol–water partition coefficient (Wildman–Crippen LogP) is 2.34. The molecule has 0 saturated carbocycles. The van der Waals surface area contributed by atoms with Crippen LogP contribution in [0.15, 0.2) is 30.6 Å². The Hall–Kier alpha value is -1.68. The lowest BCUT2D eigenvalue weighted by molar-refractivity contribution is 0.611. The summed E-state index contributed by atoms with van der Waals surface area (Å²) < 4.78 is 15.6. The summed E-state index contributed by atoms with van der Waals surface area (Å²) in [5.41, 5.74) is 6.99. The molecule has 16 heavy (non-hydrogen) atoms. The SMILES string of the molecule is Cc1nccn1-c1ccc([C@H](C)N)cc1F. The number of rotatable bonds is 2. The van der Waals surface area contributed by atoms with E-state index in [1.807, 2.05) is 19.9 Å². The van der Waals surface area contributed by atoms with Gasteiger partial charge in [0.2, 0.25) is 0 Å². The number of hydrogen-bond donors (Lipinski definition) is 1. The van der Waals surface area contributed by atoms with Gasteiger partial charge in [-0.15, -0.1) is 0 Å². The molecule has 3 nitrogen and oxygen atoms in total. The van der Waals surface area contributed by atoms with Crippen molar-refractivity contribution in [1.82, 2.24) is 9.55 Å². The van der Waals surface area contributed by atoms with E-state index in [0.29, 0.717) is 5.69 Å². The number of hydrogen-bond acceptors (Lipinski definition) is 2. The molecule has 0 bridgehead atoms. The maximum absolute atomic E-state index is 13.8. The molecule has 0 aliphatic carbocycles. The highest BCUT2D eigenvalue weighted by molar-refractivity contribution is 5.38. The van der Waals surface area contributed by atoms with E-state index in [-0.39, 0.29) is 11.9 Å². The summed E-state index contributed by atoms with van der Waals surface area (Å²) in [5.74, 6) is 0.475. The molecule has 0 unspecified atom stereocenters. The van der Waals surface area contributed by atoms with Crippen molar-refractivity contribution in [3.8, 4) is 5.69 Å². The van der Waals surface area contributed by atoms with E-state index < -0.39 is 0 Å². The van der Waals surface area contributed by atoms with E-state index >= 15 is 0 Å². The lowest BCUT2D eigenvalue weighted by Crippen LogP contribution is -2.07. The molecule has 1 aromatic carbocycles. The van der Waals surface area contributed by atoms with Gasteiger partial charge in [-0.25, -0.2) is 9.37 Å². The van der Waals surface area contributed by atoms with E-state index in [2.05, 4.69) is 4.98 Å². The van der Waals surface area contributed by atoms with Crippen LogP contribution in [-0.4, -0.2) is 9.55 Å². The second kappa shape index (κ2) is 4.06. The van der Waals surface area contributed by atoms with Crippen molar-refractivity contribution in [2.24, 2.45) is 5.73 Å². The van der Waals surface area contributed by atoms with Gasteiger partial charge in [0.15, 0.2) is 0 Å². The molecule has 1 atom stereocenters. The van der Waals surface area contributed by atoms with Gasteiger partial charge in [0.1, 0.15) is 11.6 Å². The van der Waals surface area contributed by atoms with Gasteiger partial charge in [-0.2, -0.15) is 0 Å². The van der Waals surface area contributed by atoms with Gasteiger partial charge in [-0.1, -0.05) is 6.07 Å². The Morgan fingerprint density at radius 2 is 2.19 bits per heavy atom.